The van der Waals surface area contributed by atoms with Crippen molar-refractivity contribution < 1.29 is 28.6 Å². The zero-order valence-electron chi connectivity index (χ0n) is 16.9. The highest BCUT2D eigenvalue weighted by Gasteiger charge is 2.13. The highest BCUT2D eigenvalue weighted by Crippen LogP contribution is 2.28. The second-order valence-corrected chi connectivity index (χ2v) is 6.04. The van der Waals surface area contributed by atoms with Crippen LogP contribution < -0.4 is 30.6 Å². The summed E-state index contributed by atoms with van der Waals surface area (Å²) < 4.78 is 16.2. The summed E-state index contributed by atoms with van der Waals surface area (Å²) in [5, 5.41) is 5.19. The van der Waals surface area contributed by atoms with Gasteiger partial charge in [-0.1, -0.05) is 6.07 Å². The zero-order chi connectivity index (χ0) is 21.9. The zero-order valence-corrected chi connectivity index (χ0v) is 16.9. The summed E-state index contributed by atoms with van der Waals surface area (Å²) in [7, 11) is 0. The molecule has 160 valence electrons. The first-order valence-corrected chi connectivity index (χ1v) is 9.41. The minimum Gasteiger partial charge on any atom is -0.490 e. The Labute approximate surface area is 174 Å². The molecule has 3 amide bonds. The first kappa shape index (κ1) is 22.5. The number of carbonyl (C=O) groups excluding carboxylic acids is 3. The van der Waals surface area contributed by atoms with Gasteiger partial charge in [0.1, 0.15) is 5.75 Å². The lowest BCUT2D eigenvalue weighted by molar-refractivity contribution is -0.120. The molecule has 0 bridgehead atoms. The van der Waals surface area contributed by atoms with Gasteiger partial charge in [-0.05, 0) is 44.2 Å². The molecule has 0 unspecified atom stereocenters. The van der Waals surface area contributed by atoms with Gasteiger partial charge < -0.3 is 30.6 Å². The number of carbonyl (C=O) groups is 3. The molecule has 4 N–H and O–H groups in total. The number of amides is 3. The van der Waals surface area contributed by atoms with Crippen molar-refractivity contribution in [3.05, 3.63) is 48.0 Å². The summed E-state index contributed by atoms with van der Waals surface area (Å²) in [5.74, 6) is -0.0576. The highest BCUT2D eigenvalue weighted by atomic mass is 16.5. The largest absolute Gasteiger partial charge is 0.490 e. The lowest BCUT2D eigenvalue weighted by Crippen LogP contribution is -2.32. The lowest BCUT2D eigenvalue weighted by Gasteiger charge is -2.12. The summed E-state index contributed by atoms with van der Waals surface area (Å²) in [4.78, 5) is 35.3. The van der Waals surface area contributed by atoms with E-state index in [1.165, 1.54) is 0 Å². The number of primary amides is 1. The van der Waals surface area contributed by atoms with Crippen LogP contribution in [0.2, 0.25) is 0 Å². The van der Waals surface area contributed by atoms with Crippen LogP contribution in [0.25, 0.3) is 0 Å². The quantitative estimate of drug-likeness (QED) is 0.512. The minimum absolute atomic E-state index is 0.234. The molecule has 30 heavy (non-hydrogen) atoms. The predicted octanol–water partition coefficient (Wildman–Crippen LogP) is 1.72. The van der Waals surface area contributed by atoms with E-state index in [1.807, 2.05) is 13.8 Å². The lowest BCUT2D eigenvalue weighted by atomic mass is 10.2. The van der Waals surface area contributed by atoms with Crippen LogP contribution in [0.5, 0.6) is 17.2 Å². The van der Waals surface area contributed by atoms with Gasteiger partial charge in [-0.2, -0.15) is 0 Å². The van der Waals surface area contributed by atoms with Gasteiger partial charge in [-0.15, -0.1) is 0 Å². The van der Waals surface area contributed by atoms with E-state index >= 15 is 0 Å². The molecule has 9 nitrogen and oxygen atoms in total. The van der Waals surface area contributed by atoms with Gasteiger partial charge in [0.25, 0.3) is 11.8 Å². The third-order valence-corrected chi connectivity index (χ3v) is 3.71. The average Bonchev–Trinajstić information content (AvgIpc) is 2.72. The summed E-state index contributed by atoms with van der Waals surface area (Å²) in [6.45, 7) is 4.09. The Morgan fingerprint density at radius 1 is 0.933 bits per heavy atom. The second kappa shape index (κ2) is 11.3. The molecule has 0 aliphatic heterocycles. The van der Waals surface area contributed by atoms with Crippen LogP contribution in [0.3, 0.4) is 0 Å². The molecule has 0 spiro atoms. The van der Waals surface area contributed by atoms with Crippen molar-refractivity contribution in [3.8, 4) is 17.2 Å². The molecule has 2 aromatic rings. The maximum Gasteiger partial charge on any atom is 0.255 e. The maximum absolute atomic E-state index is 12.4. The number of nitrogens with one attached hydrogen (secondary N) is 2. The fourth-order valence-corrected chi connectivity index (χ4v) is 2.48. The fraction of sp³-hybridized carbons (Fsp3) is 0.286. The number of hydrogen-bond acceptors (Lipinski definition) is 6. The molecular formula is C21H25N3O6. The normalized spacial score (nSPS) is 10.1. The Morgan fingerprint density at radius 3 is 2.37 bits per heavy atom. The topological polar surface area (TPSA) is 129 Å². The smallest absolute Gasteiger partial charge is 0.255 e. The number of nitrogens with two attached hydrogens (primary N) is 1. The van der Waals surface area contributed by atoms with Crippen LogP contribution in [-0.2, 0) is 9.59 Å². The van der Waals surface area contributed by atoms with Crippen LogP contribution in [0.4, 0.5) is 5.69 Å². The molecule has 0 aliphatic rings. The number of rotatable bonds is 11. The van der Waals surface area contributed by atoms with Gasteiger partial charge in [0, 0.05) is 17.3 Å². The molecule has 2 aromatic carbocycles. The van der Waals surface area contributed by atoms with Gasteiger partial charge in [0.05, 0.1) is 19.8 Å². The van der Waals surface area contributed by atoms with Crippen LogP contribution in [0.15, 0.2) is 42.5 Å². The molecule has 0 saturated carbocycles. The van der Waals surface area contributed by atoms with Gasteiger partial charge in [0.15, 0.2) is 18.1 Å². The Kier molecular flexibility index (Phi) is 8.49. The van der Waals surface area contributed by atoms with Crippen LogP contribution in [0.1, 0.15) is 24.2 Å². The van der Waals surface area contributed by atoms with E-state index in [0.29, 0.717) is 41.7 Å². The molecular weight excluding hydrogens is 390 g/mol. The first-order valence-electron chi connectivity index (χ1n) is 9.41. The summed E-state index contributed by atoms with van der Waals surface area (Å²) in [5.41, 5.74) is 5.83. The molecule has 0 radical (unpaired) electrons. The fourth-order valence-electron chi connectivity index (χ4n) is 2.48. The van der Waals surface area contributed by atoms with Crippen LogP contribution >= 0.6 is 0 Å². The molecule has 0 fully saturated rings. The molecule has 0 aromatic heterocycles. The standard InChI is InChI=1S/C21H25N3O6/c1-3-28-17-9-8-14(10-18(17)29-4-2)21(27)23-12-20(26)24-15-6-5-7-16(11-15)30-13-19(22)25/h5-11H,3-4,12-13H2,1-2H3,(H2,22,25)(H,23,27)(H,24,26). The Bertz CT molecular complexity index is 900. The molecule has 0 saturated heterocycles. The van der Waals surface area contributed by atoms with Crippen molar-refractivity contribution in [2.75, 3.05) is 31.7 Å². The molecule has 0 heterocycles. The van der Waals surface area contributed by atoms with E-state index in [4.69, 9.17) is 19.9 Å². The van der Waals surface area contributed by atoms with Gasteiger partial charge in [-0.25, -0.2) is 0 Å². The van der Waals surface area contributed by atoms with Crippen molar-refractivity contribution in [1.29, 1.82) is 0 Å². The van der Waals surface area contributed by atoms with Gasteiger partial charge >= 0.3 is 0 Å². The van der Waals surface area contributed by atoms with Crippen molar-refractivity contribution >= 4 is 23.4 Å². The minimum atomic E-state index is -0.603. The second-order valence-electron chi connectivity index (χ2n) is 6.04. The van der Waals surface area contributed by atoms with Crippen molar-refractivity contribution in [2.45, 2.75) is 13.8 Å². The predicted molar refractivity (Wildman–Crippen MR) is 111 cm³/mol. The van der Waals surface area contributed by atoms with E-state index in [0.717, 1.165) is 0 Å². The van der Waals surface area contributed by atoms with E-state index in [9.17, 15) is 14.4 Å². The third-order valence-electron chi connectivity index (χ3n) is 3.71. The third kappa shape index (κ3) is 7.01. The molecule has 2 rings (SSSR count). The molecule has 9 heteroatoms. The van der Waals surface area contributed by atoms with E-state index < -0.39 is 17.7 Å². The molecule has 0 aliphatic carbocycles. The highest BCUT2D eigenvalue weighted by molar-refractivity contribution is 5.99. The van der Waals surface area contributed by atoms with Crippen LogP contribution in [-0.4, -0.2) is 44.1 Å². The van der Waals surface area contributed by atoms with Gasteiger partial charge in [0.2, 0.25) is 5.91 Å². The Balaban J connectivity index is 1.93. The monoisotopic (exact) mass is 415 g/mol. The number of hydrogen-bond donors (Lipinski definition) is 3. The first-order chi connectivity index (χ1) is 14.4. The number of ether oxygens (including phenoxy) is 3. The van der Waals surface area contributed by atoms with Crippen LogP contribution in [0, 0.1) is 0 Å². The summed E-state index contributed by atoms with van der Waals surface area (Å²) >= 11 is 0. The van der Waals surface area contributed by atoms with E-state index in [2.05, 4.69) is 10.6 Å². The Hall–Kier alpha value is -3.75. The number of anilines is 1. The Morgan fingerprint density at radius 2 is 1.67 bits per heavy atom. The maximum atomic E-state index is 12.4. The van der Waals surface area contributed by atoms with Gasteiger partial charge in [-0.3, -0.25) is 14.4 Å². The summed E-state index contributed by atoms with van der Waals surface area (Å²) in [6, 6.07) is 11.3. The SMILES string of the molecule is CCOc1ccc(C(=O)NCC(=O)Nc2cccc(OCC(N)=O)c2)cc1OCC. The van der Waals surface area contributed by atoms with Crippen molar-refractivity contribution in [3.63, 3.8) is 0 Å². The van der Waals surface area contributed by atoms with Crippen molar-refractivity contribution in [2.24, 2.45) is 5.73 Å². The van der Waals surface area contributed by atoms with E-state index in [-0.39, 0.29) is 13.2 Å². The number of benzene rings is 2. The summed E-state index contributed by atoms with van der Waals surface area (Å²) in [6.07, 6.45) is 0. The average molecular weight is 415 g/mol. The molecule has 0 atom stereocenters. The van der Waals surface area contributed by atoms with Crippen molar-refractivity contribution in [1.82, 2.24) is 5.32 Å². The van der Waals surface area contributed by atoms with E-state index in [1.54, 1.807) is 42.5 Å².